The Morgan fingerprint density at radius 3 is 1.42 bits per heavy atom. The van der Waals surface area contributed by atoms with Crippen molar-refractivity contribution >= 4 is 11.9 Å². The highest BCUT2D eigenvalue weighted by atomic mass is 16.5. The fraction of sp³-hybridized carbons (Fsp3) is 0.606. The van der Waals surface area contributed by atoms with Gasteiger partial charge in [-0.2, -0.15) is 0 Å². The maximum Gasteiger partial charge on any atom is 0.119 e. The van der Waals surface area contributed by atoms with Crippen LogP contribution in [-0.2, 0) is 0 Å². The van der Waals surface area contributed by atoms with Gasteiger partial charge in [0, 0.05) is 6.21 Å². The largest absolute Gasteiger partial charge is 0.494 e. The van der Waals surface area contributed by atoms with Gasteiger partial charge >= 0.3 is 0 Å². The van der Waals surface area contributed by atoms with Gasteiger partial charge in [-0.3, -0.25) is 4.99 Å². The Morgan fingerprint density at radius 2 is 0.917 bits per heavy atom. The first kappa shape index (κ1) is 29.9. The number of hydrogen-bond donors (Lipinski definition) is 0. The molecule has 0 N–H and O–H groups in total. The Bertz CT molecular complexity index is 782. The van der Waals surface area contributed by atoms with E-state index in [2.05, 4.69) is 18.8 Å². The first-order valence-corrected chi connectivity index (χ1v) is 14.8. The van der Waals surface area contributed by atoms with Gasteiger partial charge < -0.3 is 9.47 Å². The van der Waals surface area contributed by atoms with Gasteiger partial charge in [-0.05, 0) is 66.9 Å². The highest BCUT2D eigenvalue weighted by Crippen LogP contribution is 2.19. The van der Waals surface area contributed by atoms with Crippen molar-refractivity contribution < 1.29 is 9.47 Å². The molecule has 0 aliphatic rings. The number of aliphatic imine (C=N–C) groups is 1. The molecular weight excluding hydrogens is 442 g/mol. The average molecular weight is 494 g/mol. The van der Waals surface area contributed by atoms with Crippen LogP contribution >= 0.6 is 0 Å². The van der Waals surface area contributed by atoms with Crippen molar-refractivity contribution in [1.29, 1.82) is 0 Å². The zero-order chi connectivity index (χ0) is 25.5. The van der Waals surface area contributed by atoms with Gasteiger partial charge in [0.05, 0.1) is 18.9 Å². The summed E-state index contributed by atoms with van der Waals surface area (Å²) in [6.07, 6.45) is 23.4. The number of rotatable bonds is 22. The maximum atomic E-state index is 5.92. The quantitative estimate of drug-likeness (QED) is 0.121. The van der Waals surface area contributed by atoms with Gasteiger partial charge in [0.1, 0.15) is 11.5 Å². The standard InChI is InChI=1S/C33H51NO2/c1-3-5-7-8-9-10-11-12-13-14-15-16-17-18-28-36-33-25-21-31(22-26-33)34-29-30-19-23-32(24-20-30)35-27-6-4-2/h19-26,29H,3-18,27-28H2,1-2H3. The Balaban J connectivity index is 1.47. The van der Waals surface area contributed by atoms with Crippen molar-refractivity contribution in [3.63, 3.8) is 0 Å². The topological polar surface area (TPSA) is 30.8 Å². The minimum atomic E-state index is 0.776. The summed E-state index contributed by atoms with van der Waals surface area (Å²) in [5, 5.41) is 0. The lowest BCUT2D eigenvalue weighted by Gasteiger charge is -2.07. The van der Waals surface area contributed by atoms with Crippen molar-refractivity contribution in [3.05, 3.63) is 54.1 Å². The molecule has 0 fully saturated rings. The van der Waals surface area contributed by atoms with Crippen LogP contribution in [0.25, 0.3) is 0 Å². The number of benzene rings is 2. The molecule has 2 rings (SSSR count). The fourth-order valence-corrected chi connectivity index (χ4v) is 4.25. The van der Waals surface area contributed by atoms with Crippen LogP contribution in [0.1, 0.15) is 122 Å². The molecule has 0 aromatic heterocycles. The minimum absolute atomic E-state index is 0.776. The molecule has 0 spiro atoms. The van der Waals surface area contributed by atoms with E-state index >= 15 is 0 Å². The van der Waals surface area contributed by atoms with Gasteiger partial charge in [-0.25, -0.2) is 0 Å². The summed E-state index contributed by atoms with van der Waals surface area (Å²) in [6.45, 7) is 6.03. The number of nitrogens with zero attached hydrogens (tertiary/aromatic N) is 1. The average Bonchev–Trinajstić information content (AvgIpc) is 2.91. The molecule has 0 unspecified atom stereocenters. The van der Waals surface area contributed by atoms with E-state index in [0.717, 1.165) is 55.2 Å². The molecule has 0 aliphatic heterocycles. The molecule has 200 valence electrons. The highest BCUT2D eigenvalue weighted by Gasteiger charge is 1.98. The molecule has 0 saturated heterocycles. The van der Waals surface area contributed by atoms with E-state index in [1.54, 1.807) is 0 Å². The van der Waals surface area contributed by atoms with E-state index in [9.17, 15) is 0 Å². The molecular formula is C33H51NO2. The van der Waals surface area contributed by atoms with Gasteiger partial charge in [-0.15, -0.1) is 0 Å². The first-order valence-electron chi connectivity index (χ1n) is 14.8. The van der Waals surface area contributed by atoms with E-state index in [1.165, 1.54) is 83.5 Å². The predicted octanol–water partition coefficient (Wildman–Crippen LogP) is 10.5. The Hall–Kier alpha value is -2.29. The molecule has 0 bridgehead atoms. The van der Waals surface area contributed by atoms with Crippen molar-refractivity contribution in [2.24, 2.45) is 4.99 Å². The first-order chi connectivity index (χ1) is 17.8. The van der Waals surface area contributed by atoms with E-state index < -0.39 is 0 Å². The second-order valence-electron chi connectivity index (χ2n) is 9.97. The summed E-state index contributed by atoms with van der Waals surface area (Å²) in [7, 11) is 0. The lowest BCUT2D eigenvalue weighted by Crippen LogP contribution is -1.97. The lowest BCUT2D eigenvalue weighted by molar-refractivity contribution is 0.304. The van der Waals surface area contributed by atoms with Crippen LogP contribution in [0.4, 0.5) is 5.69 Å². The SMILES string of the molecule is CCCCCCCCCCCCCCCCOc1ccc(N=Cc2ccc(OCCCC)cc2)cc1. The molecule has 3 nitrogen and oxygen atoms in total. The molecule has 3 heteroatoms. The highest BCUT2D eigenvalue weighted by molar-refractivity contribution is 5.82. The predicted molar refractivity (Wildman–Crippen MR) is 156 cm³/mol. The summed E-state index contributed by atoms with van der Waals surface area (Å²) in [4.78, 5) is 4.58. The van der Waals surface area contributed by atoms with Gasteiger partial charge in [0.25, 0.3) is 0 Å². The van der Waals surface area contributed by atoms with Crippen molar-refractivity contribution in [3.8, 4) is 11.5 Å². The Kier molecular flexibility index (Phi) is 17.3. The normalized spacial score (nSPS) is 11.3. The lowest BCUT2D eigenvalue weighted by atomic mass is 10.0. The number of unbranched alkanes of at least 4 members (excludes halogenated alkanes) is 14. The molecule has 0 saturated carbocycles. The molecule has 0 heterocycles. The third-order valence-corrected chi connectivity index (χ3v) is 6.61. The molecule has 0 radical (unpaired) electrons. The van der Waals surface area contributed by atoms with Crippen molar-refractivity contribution in [2.45, 2.75) is 117 Å². The molecule has 36 heavy (non-hydrogen) atoms. The van der Waals surface area contributed by atoms with Crippen LogP contribution in [0.15, 0.2) is 53.5 Å². The number of hydrogen-bond acceptors (Lipinski definition) is 3. The number of ether oxygens (including phenoxy) is 2. The summed E-state index contributed by atoms with van der Waals surface area (Å²) < 4.78 is 11.6. The summed E-state index contributed by atoms with van der Waals surface area (Å²) in [5.74, 6) is 1.85. The molecule has 0 amide bonds. The Labute approximate surface area is 221 Å². The van der Waals surface area contributed by atoms with Crippen LogP contribution in [-0.4, -0.2) is 19.4 Å². The van der Waals surface area contributed by atoms with E-state index in [-0.39, 0.29) is 0 Å². The maximum absolute atomic E-state index is 5.92. The summed E-state index contributed by atoms with van der Waals surface area (Å²) in [5.41, 5.74) is 2.00. The van der Waals surface area contributed by atoms with E-state index in [0.29, 0.717) is 0 Å². The minimum Gasteiger partial charge on any atom is -0.494 e. The molecule has 0 atom stereocenters. The zero-order valence-corrected chi connectivity index (χ0v) is 23.2. The van der Waals surface area contributed by atoms with Gasteiger partial charge in [-0.1, -0.05) is 104 Å². The molecule has 2 aromatic rings. The van der Waals surface area contributed by atoms with Crippen LogP contribution in [0.3, 0.4) is 0 Å². The molecule has 2 aromatic carbocycles. The Morgan fingerprint density at radius 1 is 0.500 bits per heavy atom. The molecule has 0 aliphatic carbocycles. The third-order valence-electron chi connectivity index (χ3n) is 6.61. The third kappa shape index (κ3) is 15.0. The van der Waals surface area contributed by atoms with Crippen molar-refractivity contribution in [1.82, 2.24) is 0 Å². The monoisotopic (exact) mass is 493 g/mol. The second kappa shape index (κ2) is 20.9. The van der Waals surface area contributed by atoms with Crippen LogP contribution in [0, 0.1) is 0 Å². The smallest absolute Gasteiger partial charge is 0.119 e. The fourth-order valence-electron chi connectivity index (χ4n) is 4.25. The van der Waals surface area contributed by atoms with Crippen molar-refractivity contribution in [2.75, 3.05) is 13.2 Å². The van der Waals surface area contributed by atoms with Gasteiger partial charge in [0.15, 0.2) is 0 Å². The zero-order valence-electron chi connectivity index (χ0n) is 23.2. The summed E-state index contributed by atoms with van der Waals surface area (Å²) >= 11 is 0. The summed E-state index contributed by atoms with van der Waals surface area (Å²) in [6, 6.07) is 16.1. The van der Waals surface area contributed by atoms with Crippen LogP contribution < -0.4 is 9.47 Å². The van der Waals surface area contributed by atoms with E-state index in [1.807, 2.05) is 54.7 Å². The van der Waals surface area contributed by atoms with E-state index in [4.69, 9.17) is 9.47 Å². The van der Waals surface area contributed by atoms with Crippen LogP contribution in [0.5, 0.6) is 11.5 Å². The van der Waals surface area contributed by atoms with Crippen LogP contribution in [0.2, 0.25) is 0 Å². The second-order valence-corrected chi connectivity index (χ2v) is 9.97. The van der Waals surface area contributed by atoms with Gasteiger partial charge in [0.2, 0.25) is 0 Å².